The highest BCUT2D eigenvalue weighted by Gasteiger charge is 3.03. The molecule has 4 aliphatic carbocycles. The van der Waals surface area contributed by atoms with Crippen LogP contribution in [0.2, 0.25) is 0 Å². The molecule has 1 aromatic rings. The number of Topliss-reactive ketones (excluding diaryl/α,β-unsaturated/α-hetero) is 1. The van der Waals surface area contributed by atoms with Crippen LogP contribution in [0.4, 0.5) is 0 Å². The average molecular weight is 603 g/mol. The number of hydrogen-bond acceptors (Lipinski definition) is 12. The molecule has 0 radical (unpaired) electrons. The lowest BCUT2D eigenvalue weighted by Crippen LogP contribution is -2.93. The number of rotatable bonds is 4. The van der Waals surface area contributed by atoms with Crippen molar-refractivity contribution >= 4 is 17.7 Å². The second kappa shape index (κ2) is 7.54. The molecular formula is C31H38O12. The highest BCUT2D eigenvalue weighted by molar-refractivity contribution is 5.99. The Bertz CT molecular complexity index is 1480. The van der Waals surface area contributed by atoms with Crippen LogP contribution in [0, 0.1) is 34.0 Å². The Labute approximate surface area is 247 Å². The van der Waals surface area contributed by atoms with Gasteiger partial charge in [-0.15, -0.1) is 0 Å². The number of aliphatic hydroxyl groups excluding tert-OH is 2. The van der Waals surface area contributed by atoms with E-state index in [4.69, 9.17) is 28.1 Å². The molecule has 2 spiro atoms. The van der Waals surface area contributed by atoms with Crippen LogP contribution in [0.15, 0.2) is 23.0 Å². The topological polar surface area (TPSA) is 171 Å². The van der Waals surface area contributed by atoms with E-state index < -0.39 is 98.4 Å². The number of fused-ring (bicyclic) bond motifs is 3. The quantitative estimate of drug-likeness (QED) is 0.336. The summed E-state index contributed by atoms with van der Waals surface area (Å²) in [6.07, 6.45) is -0.719. The first kappa shape index (κ1) is 28.1. The smallest absolute Gasteiger partial charge is 0.317 e. The van der Waals surface area contributed by atoms with Crippen molar-refractivity contribution in [2.24, 2.45) is 34.0 Å². The van der Waals surface area contributed by atoms with Crippen molar-refractivity contribution in [1.82, 2.24) is 0 Å². The van der Waals surface area contributed by atoms with E-state index in [1.54, 1.807) is 19.9 Å². The largest absolute Gasteiger partial charge is 0.472 e. The fourth-order valence-electron chi connectivity index (χ4n) is 12.3. The van der Waals surface area contributed by atoms with E-state index in [2.05, 4.69) is 0 Å². The Balaban J connectivity index is 1.45. The highest BCUT2D eigenvalue weighted by Crippen LogP contribution is 2.89. The summed E-state index contributed by atoms with van der Waals surface area (Å²) in [6.45, 7) is 8.41. The van der Waals surface area contributed by atoms with Crippen molar-refractivity contribution in [2.75, 3.05) is 7.11 Å². The van der Waals surface area contributed by atoms with Gasteiger partial charge in [-0.05, 0) is 38.2 Å². The lowest BCUT2D eigenvalue weighted by Gasteiger charge is -2.77. The first-order valence-electron chi connectivity index (χ1n) is 15.0. The SMILES string of the molecule is COC(=O)CC1[C@@]2(C)C[C@@]34OC5(C)OC6(CC[C@@]7(C)C(c8ccoc8)OC(=O)C(C(C)=O)C7[C@]6(O5)C(O)[C@@]3(O)C2O)[C@]14C. The Morgan fingerprint density at radius 3 is 2.35 bits per heavy atom. The van der Waals surface area contributed by atoms with E-state index in [0.29, 0.717) is 12.0 Å². The lowest BCUT2D eigenvalue weighted by molar-refractivity contribution is -0.478. The third kappa shape index (κ3) is 2.44. The summed E-state index contributed by atoms with van der Waals surface area (Å²) >= 11 is 0. The van der Waals surface area contributed by atoms with Crippen molar-refractivity contribution in [1.29, 1.82) is 0 Å². The molecule has 4 bridgehead atoms. The molecule has 12 heteroatoms. The number of carbonyl (C=O) groups is 3. The summed E-state index contributed by atoms with van der Waals surface area (Å²) < 4.78 is 36.9. The summed E-state index contributed by atoms with van der Waals surface area (Å²) in [6, 6.07) is 1.69. The molecule has 3 saturated heterocycles. The van der Waals surface area contributed by atoms with Crippen molar-refractivity contribution < 1.29 is 57.8 Å². The fourth-order valence-corrected chi connectivity index (χ4v) is 12.3. The number of methoxy groups -OCH3 is 1. The Hall–Kier alpha value is -2.35. The van der Waals surface area contributed by atoms with Crippen LogP contribution >= 0.6 is 0 Å². The summed E-state index contributed by atoms with van der Waals surface area (Å²) in [7, 11) is 1.29. The molecular weight excluding hydrogens is 564 g/mol. The van der Waals surface area contributed by atoms with Crippen molar-refractivity contribution in [3.05, 3.63) is 24.2 Å². The van der Waals surface area contributed by atoms with Gasteiger partial charge in [-0.25, -0.2) is 0 Å². The minimum Gasteiger partial charge on any atom is -0.472 e. The van der Waals surface area contributed by atoms with Crippen LogP contribution in [-0.4, -0.2) is 80.7 Å². The Morgan fingerprint density at radius 1 is 1.02 bits per heavy atom. The van der Waals surface area contributed by atoms with E-state index in [0.717, 1.165) is 0 Å². The molecule has 4 heterocycles. The summed E-state index contributed by atoms with van der Waals surface area (Å²) in [5, 5.41) is 37.7. The maximum Gasteiger partial charge on any atom is 0.317 e. The van der Waals surface area contributed by atoms with Gasteiger partial charge in [0.15, 0.2) is 0 Å². The van der Waals surface area contributed by atoms with Crippen LogP contribution in [0.25, 0.3) is 0 Å². The molecule has 12 nitrogen and oxygen atoms in total. The zero-order valence-electron chi connectivity index (χ0n) is 25.0. The molecule has 3 aliphatic heterocycles. The van der Waals surface area contributed by atoms with Crippen molar-refractivity contribution in [3.63, 3.8) is 0 Å². The number of cyclic esters (lactones) is 1. The summed E-state index contributed by atoms with van der Waals surface area (Å²) in [5.74, 6) is -6.74. The van der Waals surface area contributed by atoms with Crippen LogP contribution < -0.4 is 0 Å². The molecule has 4 saturated carbocycles. The maximum absolute atomic E-state index is 13.9. The minimum atomic E-state index is -2.31. The lowest BCUT2D eigenvalue weighted by atomic mass is 9.32. The van der Waals surface area contributed by atoms with E-state index in [-0.39, 0.29) is 19.3 Å². The van der Waals surface area contributed by atoms with Crippen LogP contribution in [0.1, 0.15) is 72.0 Å². The van der Waals surface area contributed by atoms with Gasteiger partial charge in [0.1, 0.15) is 46.3 Å². The summed E-state index contributed by atoms with van der Waals surface area (Å²) in [5.41, 5.74) is -10.1. The van der Waals surface area contributed by atoms with Gasteiger partial charge in [0.2, 0.25) is 0 Å². The Kier molecular flexibility index (Phi) is 4.93. The number of furan rings is 1. The number of hydrogen-bond donors (Lipinski definition) is 3. The minimum absolute atomic E-state index is 0.116. The Morgan fingerprint density at radius 2 is 1.72 bits per heavy atom. The molecule has 1 aromatic heterocycles. The van der Waals surface area contributed by atoms with Crippen molar-refractivity contribution in [3.8, 4) is 0 Å². The summed E-state index contributed by atoms with van der Waals surface area (Å²) in [4.78, 5) is 40.3. The molecule has 43 heavy (non-hydrogen) atoms. The third-order valence-electron chi connectivity index (χ3n) is 13.5. The molecule has 8 rings (SSSR count). The zero-order valence-corrected chi connectivity index (χ0v) is 25.0. The van der Waals surface area contributed by atoms with Gasteiger partial charge in [-0.3, -0.25) is 14.4 Å². The van der Waals surface area contributed by atoms with Crippen molar-refractivity contribution in [2.45, 2.75) is 107 Å². The van der Waals surface area contributed by atoms with E-state index in [9.17, 15) is 29.7 Å². The van der Waals surface area contributed by atoms with Gasteiger partial charge in [0, 0.05) is 41.1 Å². The molecule has 0 aromatic carbocycles. The predicted molar refractivity (Wildman–Crippen MR) is 140 cm³/mol. The van der Waals surface area contributed by atoms with E-state index >= 15 is 0 Å². The molecule has 0 amide bonds. The van der Waals surface area contributed by atoms with Gasteiger partial charge in [0.25, 0.3) is 5.97 Å². The standard InChI is InChI=1S/C31H38O12/c1-14(32)18-19-24(2,20(40-21(18)34)15-7-10-39-12-15)8-9-28-26(4)16(11-17(33)38-6)25(3)13-29(26)30(37,22(25)35)23(36)31(19,28)43-27(5,41-28)42-29/h7,10,12,16,18-20,22-23,35-37H,8-9,11,13H2,1-6H3/t16?,18?,19?,20?,22?,23?,24-,25-,26+,27?,28?,29+,30+,31+/m1/s1. The first-order valence-corrected chi connectivity index (χ1v) is 15.0. The van der Waals surface area contributed by atoms with Gasteiger partial charge < -0.3 is 43.4 Å². The van der Waals surface area contributed by atoms with Crippen LogP contribution in [0.3, 0.4) is 0 Å². The monoisotopic (exact) mass is 602 g/mol. The number of esters is 2. The van der Waals surface area contributed by atoms with E-state index in [1.165, 1.54) is 26.6 Å². The number of aliphatic hydroxyl groups is 3. The van der Waals surface area contributed by atoms with Gasteiger partial charge >= 0.3 is 11.9 Å². The van der Waals surface area contributed by atoms with E-state index in [1.807, 2.05) is 13.8 Å². The first-order chi connectivity index (χ1) is 20.0. The molecule has 7 aliphatic rings. The maximum atomic E-state index is 13.9. The molecule has 234 valence electrons. The normalized spacial score (nSPS) is 58.6. The second-order valence-corrected chi connectivity index (χ2v) is 14.9. The molecule has 8 unspecified atom stereocenters. The number of carbonyl (C=O) groups excluding carboxylic acids is 3. The zero-order chi connectivity index (χ0) is 31.0. The molecule has 14 atom stereocenters. The van der Waals surface area contributed by atoms with Crippen LogP contribution in [0.5, 0.6) is 0 Å². The number of ketones is 1. The number of ether oxygens (including phenoxy) is 5. The molecule has 7 fully saturated rings. The van der Waals surface area contributed by atoms with Gasteiger partial charge in [-0.2, -0.15) is 0 Å². The van der Waals surface area contributed by atoms with Crippen LogP contribution in [-0.2, 0) is 38.1 Å². The second-order valence-electron chi connectivity index (χ2n) is 14.9. The van der Waals surface area contributed by atoms with Gasteiger partial charge in [0.05, 0.1) is 25.7 Å². The highest BCUT2D eigenvalue weighted by atomic mass is 16.9. The molecule has 3 N–H and O–H groups in total. The predicted octanol–water partition coefficient (Wildman–Crippen LogP) is 1.54. The fraction of sp³-hybridized carbons (Fsp3) is 0.774. The third-order valence-corrected chi connectivity index (χ3v) is 13.5. The van der Waals surface area contributed by atoms with Gasteiger partial charge in [-0.1, -0.05) is 20.8 Å². The average Bonchev–Trinajstić information content (AvgIpc) is 3.63.